The zero-order valence-electron chi connectivity index (χ0n) is 9.47. The van der Waals surface area contributed by atoms with Crippen LogP contribution in [0.1, 0.15) is 18.9 Å². The van der Waals surface area contributed by atoms with E-state index in [4.69, 9.17) is 5.26 Å². The van der Waals surface area contributed by atoms with Crippen molar-refractivity contribution in [3.8, 4) is 6.07 Å². The van der Waals surface area contributed by atoms with E-state index in [0.29, 0.717) is 11.5 Å². The van der Waals surface area contributed by atoms with Crippen LogP contribution in [0.2, 0.25) is 0 Å². The maximum absolute atomic E-state index is 11.9. The molecule has 16 heavy (non-hydrogen) atoms. The lowest BCUT2D eigenvalue weighted by atomic mass is 10.2. The fraction of sp³-hybridized carbons (Fsp3) is 0.385. The molecule has 0 bridgehead atoms. The third-order valence-electron chi connectivity index (χ3n) is 3.14. The number of nitriles is 1. The van der Waals surface area contributed by atoms with Crippen LogP contribution in [-0.2, 0) is 4.79 Å². The average molecular weight is 214 g/mol. The summed E-state index contributed by atoms with van der Waals surface area (Å²) in [5, 5.41) is 8.68. The van der Waals surface area contributed by atoms with Gasteiger partial charge in [0.15, 0.2) is 0 Å². The summed E-state index contributed by atoms with van der Waals surface area (Å²) in [6.07, 6.45) is 0.999. The maximum Gasteiger partial charge on any atom is 0.230 e. The first-order valence-electron chi connectivity index (χ1n) is 5.41. The van der Waals surface area contributed by atoms with E-state index >= 15 is 0 Å². The molecule has 0 heterocycles. The predicted octanol–water partition coefficient (Wildman–Crippen LogP) is 2.18. The van der Waals surface area contributed by atoms with Crippen molar-refractivity contribution in [3.63, 3.8) is 0 Å². The SMILES string of the molecule is CC1CC1C(=O)N(C)c1ccc(C#N)cc1. The number of amides is 1. The third kappa shape index (κ3) is 1.92. The quantitative estimate of drug-likeness (QED) is 0.757. The summed E-state index contributed by atoms with van der Waals surface area (Å²) < 4.78 is 0. The van der Waals surface area contributed by atoms with E-state index in [1.807, 2.05) is 12.1 Å². The number of hydrogen-bond donors (Lipinski definition) is 0. The van der Waals surface area contributed by atoms with Gasteiger partial charge in [0.1, 0.15) is 0 Å². The minimum absolute atomic E-state index is 0.178. The topological polar surface area (TPSA) is 44.1 Å². The van der Waals surface area contributed by atoms with Crippen molar-refractivity contribution in [1.29, 1.82) is 5.26 Å². The van der Waals surface area contributed by atoms with Crippen LogP contribution in [-0.4, -0.2) is 13.0 Å². The lowest BCUT2D eigenvalue weighted by Gasteiger charge is -2.17. The van der Waals surface area contributed by atoms with Crippen LogP contribution in [0.3, 0.4) is 0 Å². The Morgan fingerprint density at radius 2 is 2.00 bits per heavy atom. The first-order valence-corrected chi connectivity index (χ1v) is 5.41. The highest BCUT2D eigenvalue weighted by atomic mass is 16.2. The van der Waals surface area contributed by atoms with E-state index < -0.39 is 0 Å². The molecule has 0 N–H and O–H groups in total. The largest absolute Gasteiger partial charge is 0.315 e. The predicted molar refractivity (Wildman–Crippen MR) is 61.8 cm³/mol. The lowest BCUT2D eigenvalue weighted by molar-refractivity contribution is -0.119. The summed E-state index contributed by atoms with van der Waals surface area (Å²) in [4.78, 5) is 13.6. The van der Waals surface area contributed by atoms with Gasteiger partial charge in [-0.25, -0.2) is 0 Å². The van der Waals surface area contributed by atoms with Crippen molar-refractivity contribution < 1.29 is 4.79 Å². The summed E-state index contributed by atoms with van der Waals surface area (Å²) in [6, 6.07) is 9.14. The smallest absolute Gasteiger partial charge is 0.230 e. The number of rotatable bonds is 2. The summed E-state index contributed by atoms with van der Waals surface area (Å²) in [6.45, 7) is 2.09. The van der Waals surface area contributed by atoms with Gasteiger partial charge in [-0.2, -0.15) is 5.26 Å². The van der Waals surface area contributed by atoms with Crippen molar-refractivity contribution in [2.45, 2.75) is 13.3 Å². The Morgan fingerprint density at radius 1 is 1.44 bits per heavy atom. The number of hydrogen-bond acceptors (Lipinski definition) is 2. The average Bonchev–Trinajstić information content (AvgIpc) is 3.04. The van der Waals surface area contributed by atoms with Gasteiger partial charge < -0.3 is 4.90 Å². The molecular formula is C13H14N2O. The third-order valence-corrected chi connectivity index (χ3v) is 3.14. The van der Waals surface area contributed by atoms with Gasteiger partial charge in [-0.1, -0.05) is 6.92 Å². The first kappa shape index (κ1) is 10.7. The Balaban J connectivity index is 2.11. The molecule has 1 aromatic carbocycles. The fourth-order valence-electron chi connectivity index (χ4n) is 1.80. The Morgan fingerprint density at radius 3 is 2.44 bits per heavy atom. The van der Waals surface area contributed by atoms with Gasteiger partial charge in [-0.3, -0.25) is 4.79 Å². The molecule has 1 amide bonds. The van der Waals surface area contributed by atoms with Gasteiger partial charge in [0.2, 0.25) is 5.91 Å². The molecule has 82 valence electrons. The molecule has 1 fully saturated rings. The van der Waals surface area contributed by atoms with Crippen molar-refractivity contribution in [1.82, 2.24) is 0 Å². The molecule has 0 radical (unpaired) electrons. The van der Waals surface area contributed by atoms with E-state index in [1.54, 1.807) is 24.1 Å². The Kier molecular flexibility index (Phi) is 2.66. The molecule has 3 heteroatoms. The Labute approximate surface area is 95.3 Å². The van der Waals surface area contributed by atoms with Crippen molar-refractivity contribution in [2.75, 3.05) is 11.9 Å². The zero-order valence-corrected chi connectivity index (χ0v) is 9.47. The standard InChI is InChI=1S/C13H14N2O/c1-9-7-12(9)13(16)15(2)11-5-3-10(8-14)4-6-11/h3-6,9,12H,7H2,1-2H3. The van der Waals surface area contributed by atoms with Gasteiger partial charge in [0.25, 0.3) is 0 Å². The summed E-state index contributed by atoms with van der Waals surface area (Å²) in [5.41, 5.74) is 1.47. The molecule has 0 spiro atoms. The van der Waals surface area contributed by atoms with Crippen LogP contribution in [0.25, 0.3) is 0 Å². The number of carbonyl (C=O) groups is 1. The van der Waals surface area contributed by atoms with Gasteiger partial charge in [-0.15, -0.1) is 0 Å². The highest BCUT2D eigenvalue weighted by Crippen LogP contribution is 2.39. The highest BCUT2D eigenvalue weighted by molar-refractivity contribution is 5.96. The second-order valence-electron chi connectivity index (χ2n) is 4.38. The van der Waals surface area contributed by atoms with E-state index in [2.05, 4.69) is 13.0 Å². The molecule has 2 unspecified atom stereocenters. The molecule has 1 saturated carbocycles. The highest BCUT2D eigenvalue weighted by Gasteiger charge is 2.40. The van der Waals surface area contributed by atoms with Crippen molar-refractivity contribution in [3.05, 3.63) is 29.8 Å². The summed E-state index contributed by atoms with van der Waals surface area (Å²) in [5.74, 6) is 0.895. The molecular weight excluding hydrogens is 200 g/mol. The molecule has 3 nitrogen and oxygen atoms in total. The van der Waals surface area contributed by atoms with Crippen LogP contribution >= 0.6 is 0 Å². The minimum Gasteiger partial charge on any atom is -0.315 e. The number of benzene rings is 1. The molecule has 2 atom stereocenters. The Bertz CT molecular complexity index is 444. The van der Waals surface area contributed by atoms with E-state index in [9.17, 15) is 4.79 Å². The second-order valence-corrected chi connectivity index (χ2v) is 4.38. The normalized spacial score (nSPS) is 22.3. The molecule has 2 rings (SSSR count). The summed E-state index contributed by atoms with van der Waals surface area (Å²) >= 11 is 0. The number of nitrogens with zero attached hydrogens (tertiary/aromatic N) is 2. The minimum atomic E-state index is 0.178. The number of carbonyl (C=O) groups excluding carboxylic acids is 1. The van der Waals surface area contributed by atoms with Crippen LogP contribution in [0.15, 0.2) is 24.3 Å². The van der Waals surface area contributed by atoms with Crippen LogP contribution < -0.4 is 4.90 Å². The van der Waals surface area contributed by atoms with Gasteiger partial charge in [0, 0.05) is 18.7 Å². The molecule has 0 aliphatic heterocycles. The molecule has 0 aromatic heterocycles. The molecule has 0 saturated heterocycles. The van der Waals surface area contributed by atoms with E-state index in [-0.39, 0.29) is 11.8 Å². The number of anilines is 1. The van der Waals surface area contributed by atoms with Gasteiger partial charge in [0.05, 0.1) is 11.6 Å². The second kappa shape index (κ2) is 3.97. The van der Waals surface area contributed by atoms with Crippen LogP contribution in [0.5, 0.6) is 0 Å². The van der Waals surface area contributed by atoms with Crippen LogP contribution in [0, 0.1) is 23.2 Å². The van der Waals surface area contributed by atoms with Gasteiger partial charge >= 0.3 is 0 Å². The monoisotopic (exact) mass is 214 g/mol. The maximum atomic E-state index is 11.9. The van der Waals surface area contributed by atoms with E-state index in [1.165, 1.54) is 0 Å². The van der Waals surface area contributed by atoms with Gasteiger partial charge in [-0.05, 0) is 36.6 Å². The zero-order chi connectivity index (χ0) is 11.7. The van der Waals surface area contributed by atoms with Crippen LogP contribution in [0.4, 0.5) is 5.69 Å². The molecule has 1 aromatic rings. The summed E-state index contributed by atoms with van der Waals surface area (Å²) in [7, 11) is 1.79. The first-order chi connectivity index (χ1) is 7.63. The molecule has 1 aliphatic carbocycles. The fourth-order valence-corrected chi connectivity index (χ4v) is 1.80. The van der Waals surface area contributed by atoms with Crippen molar-refractivity contribution >= 4 is 11.6 Å². The van der Waals surface area contributed by atoms with Crippen molar-refractivity contribution in [2.24, 2.45) is 11.8 Å². The Hall–Kier alpha value is -1.82. The molecule has 1 aliphatic rings. The lowest BCUT2D eigenvalue weighted by Crippen LogP contribution is -2.28. The van der Waals surface area contributed by atoms with E-state index in [0.717, 1.165) is 12.1 Å².